The molecule has 0 spiro atoms. The third-order valence-corrected chi connectivity index (χ3v) is 21.2. The van der Waals surface area contributed by atoms with Crippen molar-refractivity contribution in [2.75, 3.05) is 9.80 Å². The number of hydrogen-bond donors (Lipinski definition) is 0. The molecule has 0 aromatic heterocycles. The highest BCUT2D eigenvalue weighted by molar-refractivity contribution is 7.00. The Hall–Kier alpha value is -7.36. The summed E-state index contributed by atoms with van der Waals surface area (Å²) in [5, 5.41) is 0. The first-order chi connectivity index (χ1) is 39.7. The van der Waals surface area contributed by atoms with Crippen molar-refractivity contribution in [2.45, 2.75) is 174 Å². The fourth-order valence-electron chi connectivity index (χ4n) is 15.3. The quantitative estimate of drug-likeness (QED) is 0.140. The molecule has 0 amide bonds. The maximum absolute atomic E-state index is 2.71. The number of rotatable bonds is 8. The lowest BCUT2D eigenvalue weighted by Gasteiger charge is -2.48. The molecule has 9 aromatic carbocycles. The number of aryl methyl sites for hydroxylation is 1. The Balaban J connectivity index is 1.12. The van der Waals surface area contributed by atoms with Crippen molar-refractivity contribution in [3.05, 3.63) is 244 Å². The Kier molecular flexibility index (Phi) is 12.8. The molecule has 2 heterocycles. The molecule has 0 bridgehead atoms. The predicted molar refractivity (Wildman–Crippen MR) is 362 cm³/mol. The van der Waals surface area contributed by atoms with Crippen LogP contribution in [0.15, 0.2) is 188 Å². The van der Waals surface area contributed by atoms with E-state index < -0.39 is 0 Å². The van der Waals surface area contributed by atoms with E-state index in [9.17, 15) is 0 Å². The van der Waals surface area contributed by atoms with Crippen molar-refractivity contribution < 1.29 is 0 Å². The average molecular weight is 1100 g/mol. The van der Waals surface area contributed by atoms with Gasteiger partial charge in [-0.1, -0.05) is 237 Å². The summed E-state index contributed by atoms with van der Waals surface area (Å²) in [6, 6.07) is 73.8. The molecule has 0 fully saturated rings. The van der Waals surface area contributed by atoms with E-state index >= 15 is 0 Å². The smallest absolute Gasteiger partial charge is 0.252 e. The molecule has 0 saturated carbocycles. The van der Waals surface area contributed by atoms with E-state index in [0.717, 1.165) is 19.3 Å². The van der Waals surface area contributed by atoms with Crippen LogP contribution in [-0.2, 0) is 37.9 Å². The molecule has 9 aromatic rings. The first kappa shape index (κ1) is 55.8. The van der Waals surface area contributed by atoms with E-state index in [1.165, 1.54) is 135 Å². The maximum atomic E-state index is 2.71. The zero-order chi connectivity index (χ0) is 59.3. The SMILES string of the molecule is Cc1cc2c3c(c1)N(c1ccc(C(C)(C)c4ccccc4)cc1-c1cccc(-c4ccc(C(C)(C)C)cc4)c1)c1cc(C(C)(C)c4ccccc4)ccc1B3c1cc3c(cc1N2c1ccc2c(c1)C(C)(C)CCC2(C)C)C(C)(C)CCC3(C)C. The Morgan fingerprint density at radius 1 is 0.345 bits per heavy atom. The molecular formula is C81H87BN2. The van der Waals surface area contributed by atoms with Gasteiger partial charge in [-0.2, -0.15) is 0 Å². The van der Waals surface area contributed by atoms with Crippen LogP contribution in [0.5, 0.6) is 0 Å². The van der Waals surface area contributed by atoms with Crippen molar-refractivity contribution in [3.63, 3.8) is 0 Å². The van der Waals surface area contributed by atoms with E-state index in [0.29, 0.717) is 0 Å². The fourth-order valence-corrected chi connectivity index (χ4v) is 15.3. The molecule has 4 aliphatic rings. The lowest BCUT2D eigenvalue weighted by Crippen LogP contribution is -2.62. The average Bonchev–Trinajstić information content (AvgIpc) is 0.715. The van der Waals surface area contributed by atoms with Crippen LogP contribution >= 0.6 is 0 Å². The molecule has 0 radical (unpaired) electrons. The summed E-state index contributed by atoms with van der Waals surface area (Å²) in [7, 11) is 0. The van der Waals surface area contributed by atoms with Gasteiger partial charge in [0.25, 0.3) is 6.71 Å². The van der Waals surface area contributed by atoms with Crippen LogP contribution in [0.25, 0.3) is 22.3 Å². The van der Waals surface area contributed by atoms with Crippen LogP contribution in [0.4, 0.5) is 34.1 Å². The lowest BCUT2D eigenvalue weighted by molar-refractivity contribution is 0.332. The first-order valence-electron chi connectivity index (χ1n) is 31.4. The zero-order valence-electron chi connectivity index (χ0n) is 53.2. The van der Waals surface area contributed by atoms with E-state index in [1.54, 1.807) is 0 Å². The lowest BCUT2D eigenvalue weighted by atomic mass is 9.33. The van der Waals surface area contributed by atoms with Gasteiger partial charge in [-0.05, 0) is 203 Å². The van der Waals surface area contributed by atoms with Gasteiger partial charge in [0.1, 0.15) is 0 Å². The Morgan fingerprint density at radius 3 is 1.44 bits per heavy atom. The van der Waals surface area contributed by atoms with E-state index in [2.05, 4.69) is 309 Å². The standard InChI is InChI=1S/C81H87BN2/c1-52-44-72-74-73(45-52)84(69-39-35-59(80(13,14)57-26-19-17-20-27-57)47-62(69)55-25-23-24-54(46-55)53-30-32-56(33-31-53)75(2,3)4)70-48-60(81(15,16)58-28-21-18-22-29-58)34-38-67(70)82(74)68-50-65-66(79(11,12)43-42-78(65,9)10)51-71(68)83(72)61-36-37-63-64(49-61)77(7,8)41-40-76(63,5)6/h17-39,44-51H,40-43H2,1-16H3. The van der Waals surface area contributed by atoms with Crippen LogP contribution in [-0.4, -0.2) is 6.71 Å². The molecule has 2 aliphatic heterocycles. The normalized spacial score (nSPS) is 17.2. The van der Waals surface area contributed by atoms with E-state index in [-0.39, 0.29) is 44.6 Å². The van der Waals surface area contributed by atoms with Crippen LogP contribution < -0.4 is 26.2 Å². The number of fused-ring (bicyclic) bond motifs is 6. The van der Waals surface area contributed by atoms with Gasteiger partial charge in [-0.3, -0.25) is 0 Å². The molecule has 424 valence electrons. The van der Waals surface area contributed by atoms with Gasteiger partial charge in [0, 0.05) is 44.8 Å². The van der Waals surface area contributed by atoms with Crippen molar-refractivity contribution >= 4 is 57.2 Å². The molecule has 84 heavy (non-hydrogen) atoms. The summed E-state index contributed by atoms with van der Waals surface area (Å²) in [6.45, 7) is 38.6. The van der Waals surface area contributed by atoms with Gasteiger partial charge in [0.05, 0.1) is 5.69 Å². The summed E-state index contributed by atoms with van der Waals surface area (Å²) in [4.78, 5) is 5.42. The molecule has 0 atom stereocenters. The first-order valence-corrected chi connectivity index (χ1v) is 31.4. The third kappa shape index (κ3) is 9.04. The fraction of sp³-hybridized carbons (Fsp3) is 0.333. The second kappa shape index (κ2) is 19.3. The number of nitrogens with zero attached hydrogens (tertiary/aromatic N) is 2. The minimum atomic E-state index is -0.284. The Bertz CT molecular complexity index is 4070. The van der Waals surface area contributed by atoms with Gasteiger partial charge >= 0.3 is 0 Å². The molecule has 0 saturated heterocycles. The second-order valence-corrected chi connectivity index (χ2v) is 30.4. The third-order valence-electron chi connectivity index (χ3n) is 21.2. The number of benzene rings is 9. The highest BCUT2D eigenvalue weighted by atomic mass is 15.2. The predicted octanol–water partition coefficient (Wildman–Crippen LogP) is 20.1. The van der Waals surface area contributed by atoms with Crippen molar-refractivity contribution in [1.82, 2.24) is 0 Å². The largest absolute Gasteiger partial charge is 0.311 e. The molecule has 2 aliphatic carbocycles. The Labute approximate surface area is 504 Å². The maximum Gasteiger partial charge on any atom is 0.252 e. The van der Waals surface area contributed by atoms with Gasteiger partial charge in [0.2, 0.25) is 0 Å². The van der Waals surface area contributed by atoms with Crippen LogP contribution in [0.2, 0.25) is 0 Å². The van der Waals surface area contributed by atoms with E-state index in [4.69, 9.17) is 0 Å². The number of hydrogen-bond acceptors (Lipinski definition) is 2. The summed E-state index contributed by atoms with van der Waals surface area (Å²) >= 11 is 0. The molecule has 2 nitrogen and oxygen atoms in total. The van der Waals surface area contributed by atoms with Gasteiger partial charge in [-0.25, -0.2) is 0 Å². The zero-order valence-corrected chi connectivity index (χ0v) is 53.2. The topological polar surface area (TPSA) is 6.48 Å². The monoisotopic (exact) mass is 1100 g/mol. The summed E-state index contributed by atoms with van der Waals surface area (Å²) in [5.74, 6) is 0. The highest BCUT2D eigenvalue weighted by Crippen LogP contribution is 2.54. The van der Waals surface area contributed by atoms with Crippen LogP contribution in [0, 0.1) is 6.92 Å². The van der Waals surface area contributed by atoms with Crippen molar-refractivity contribution in [3.8, 4) is 22.3 Å². The van der Waals surface area contributed by atoms with Gasteiger partial charge in [-0.15, -0.1) is 0 Å². The molecule has 13 rings (SSSR count). The number of anilines is 6. The summed E-state index contributed by atoms with van der Waals surface area (Å²) in [5.41, 5.74) is 29.9. The molecule has 0 N–H and O–H groups in total. The second-order valence-electron chi connectivity index (χ2n) is 30.4. The van der Waals surface area contributed by atoms with E-state index in [1.807, 2.05) is 0 Å². The molecule has 0 unspecified atom stereocenters. The van der Waals surface area contributed by atoms with Gasteiger partial charge in [0.15, 0.2) is 0 Å². The summed E-state index contributed by atoms with van der Waals surface area (Å²) < 4.78 is 0. The van der Waals surface area contributed by atoms with Crippen LogP contribution in [0.3, 0.4) is 0 Å². The minimum Gasteiger partial charge on any atom is -0.311 e. The van der Waals surface area contributed by atoms with Crippen LogP contribution in [0.1, 0.15) is 185 Å². The van der Waals surface area contributed by atoms with Crippen molar-refractivity contribution in [1.29, 1.82) is 0 Å². The Morgan fingerprint density at radius 2 is 0.845 bits per heavy atom. The highest BCUT2D eigenvalue weighted by Gasteiger charge is 2.48. The summed E-state index contributed by atoms with van der Waals surface area (Å²) in [6.07, 6.45) is 4.66. The van der Waals surface area contributed by atoms with Crippen molar-refractivity contribution in [2.24, 2.45) is 0 Å². The molecule has 3 heteroatoms. The molecular weight excluding hydrogens is 1010 g/mol. The minimum absolute atomic E-state index is 0.0168. The van der Waals surface area contributed by atoms with Gasteiger partial charge < -0.3 is 9.80 Å².